The van der Waals surface area contributed by atoms with Crippen molar-refractivity contribution < 1.29 is 13.2 Å². The fourth-order valence-electron chi connectivity index (χ4n) is 3.04. The zero-order valence-corrected chi connectivity index (χ0v) is 14.2. The van der Waals surface area contributed by atoms with Crippen LogP contribution in [0.25, 0.3) is 11.1 Å². The summed E-state index contributed by atoms with van der Waals surface area (Å²) in [5.74, 6) is 3.39. The summed E-state index contributed by atoms with van der Waals surface area (Å²) in [5.41, 5.74) is -0.929. The predicted octanol–water partition coefficient (Wildman–Crippen LogP) is 3.05. The Labute approximate surface area is 147 Å². The quantitative estimate of drug-likeness (QED) is 0.629. The first-order valence-corrected chi connectivity index (χ1v) is 8.19. The van der Waals surface area contributed by atoms with Crippen LogP contribution in [0.3, 0.4) is 0 Å². The predicted molar refractivity (Wildman–Crippen MR) is 89.2 cm³/mol. The number of piperidine rings is 1. The Hall–Kier alpha value is -2.22. The number of aromatic nitrogens is 2. The zero-order valence-electron chi connectivity index (χ0n) is 13.5. The molecule has 0 amide bonds. The van der Waals surface area contributed by atoms with Gasteiger partial charge in [-0.15, -0.1) is 0 Å². The van der Waals surface area contributed by atoms with Gasteiger partial charge in [0, 0.05) is 25.2 Å². The number of halogens is 4. The van der Waals surface area contributed by atoms with E-state index in [-0.39, 0.29) is 22.2 Å². The fraction of sp³-hybridized carbons (Fsp3) is 0.375. The summed E-state index contributed by atoms with van der Waals surface area (Å²) < 4.78 is 42.9. The van der Waals surface area contributed by atoms with Crippen molar-refractivity contribution in [2.24, 2.45) is 5.92 Å². The second-order valence-corrected chi connectivity index (χ2v) is 6.57. The molecule has 0 radical (unpaired) electrons. The van der Waals surface area contributed by atoms with E-state index in [1.165, 1.54) is 0 Å². The minimum Gasteiger partial charge on any atom is -0.356 e. The minimum atomic E-state index is -1.11. The van der Waals surface area contributed by atoms with Crippen LogP contribution in [-0.4, -0.2) is 22.7 Å². The van der Waals surface area contributed by atoms with Crippen LogP contribution < -0.4 is 16.4 Å². The zero-order chi connectivity index (χ0) is 18.3. The molecular weight excluding hydrogens is 355 g/mol. The molecule has 2 heterocycles. The molecule has 1 aliphatic rings. The van der Waals surface area contributed by atoms with Gasteiger partial charge in [0.05, 0.1) is 11.1 Å². The third-order valence-electron chi connectivity index (χ3n) is 4.43. The number of nitrogens with zero attached hydrogens (tertiary/aromatic N) is 3. The summed E-state index contributed by atoms with van der Waals surface area (Å²) in [5, 5.41) is 7.57. The lowest BCUT2D eigenvalue weighted by molar-refractivity contribution is 0.434. The Bertz CT molecular complexity index is 852. The highest BCUT2D eigenvalue weighted by Crippen LogP contribution is 2.38. The second kappa shape index (κ2) is 6.59. The van der Waals surface area contributed by atoms with E-state index in [1.807, 2.05) is 4.90 Å². The summed E-state index contributed by atoms with van der Waals surface area (Å²) in [6, 6.07) is 1.15. The molecule has 1 aliphatic heterocycles. The van der Waals surface area contributed by atoms with E-state index in [4.69, 9.17) is 22.9 Å². The topological polar surface area (TPSA) is 70.9 Å². The van der Waals surface area contributed by atoms with Gasteiger partial charge in [-0.1, -0.05) is 18.5 Å². The van der Waals surface area contributed by atoms with Crippen LogP contribution in [0, 0.1) is 28.8 Å². The SMILES string of the molecule is CC1CCN(c2c(-c3c(F)cc(F)cc3F)c(Cl)nc(=N)n2N)CC1. The third-order valence-corrected chi connectivity index (χ3v) is 4.70. The number of nitrogens with two attached hydrogens (primary N) is 1. The summed E-state index contributed by atoms with van der Waals surface area (Å²) in [4.78, 5) is 5.56. The van der Waals surface area contributed by atoms with E-state index < -0.39 is 23.0 Å². The first kappa shape index (κ1) is 17.6. The highest BCUT2D eigenvalue weighted by atomic mass is 35.5. The number of hydrogen-bond acceptors (Lipinski definition) is 4. The van der Waals surface area contributed by atoms with E-state index in [1.54, 1.807) is 0 Å². The summed E-state index contributed by atoms with van der Waals surface area (Å²) in [6.45, 7) is 3.30. The van der Waals surface area contributed by atoms with Crippen LogP contribution in [0.2, 0.25) is 5.15 Å². The molecule has 0 spiro atoms. The van der Waals surface area contributed by atoms with Crippen LogP contribution in [0.15, 0.2) is 12.1 Å². The molecule has 3 rings (SSSR count). The first-order chi connectivity index (χ1) is 11.8. The van der Waals surface area contributed by atoms with Crippen molar-refractivity contribution in [2.45, 2.75) is 19.8 Å². The lowest BCUT2D eigenvalue weighted by atomic mass is 9.98. The van der Waals surface area contributed by atoms with E-state index in [9.17, 15) is 13.2 Å². The maximum absolute atomic E-state index is 14.3. The maximum Gasteiger partial charge on any atom is 0.244 e. The molecule has 134 valence electrons. The summed E-state index contributed by atoms with van der Waals surface area (Å²) >= 11 is 6.12. The van der Waals surface area contributed by atoms with Gasteiger partial charge in [0.1, 0.15) is 28.4 Å². The standard InChI is InChI=1S/C16H17ClF3N5/c1-8-2-4-24(5-3-8)15-13(14(17)23-16(21)25(15)22)12-10(19)6-9(18)7-11(12)20/h6-8,21H,2-5,22H2,1H3. The number of anilines is 1. The Balaban J connectivity index is 2.27. The lowest BCUT2D eigenvalue weighted by Crippen LogP contribution is -2.41. The van der Waals surface area contributed by atoms with E-state index in [2.05, 4.69) is 11.9 Å². The number of rotatable bonds is 2. The number of benzene rings is 1. The molecule has 1 saturated heterocycles. The monoisotopic (exact) mass is 371 g/mol. The Morgan fingerprint density at radius 1 is 1.16 bits per heavy atom. The molecule has 2 aromatic rings. The van der Waals surface area contributed by atoms with Gasteiger partial charge in [-0.25, -0.2) is 17.8 Å². The van der Waals surface area contributed by atoms with E-state index in [0.717, 1.165) is 17.5 Å². The van der Waals surface area contributed by atoms with Gasteiger partial charge in [-0.2, -0.15) is 4.98 Å². The maximum atomic E-state index is 14.3. The molecule has 1 aromatic heterocycles. The highest BCUT2D eigenvalue weighted by molar-refractivity contribution is 6.32. The molecule has 1 aromatic carbocycles. The van der Waals surface area contributed by atoms with Crippen molar-refractivity contribution in [3.05, 3.63) is 40.4 Å². The Kier molecular flexibility index (Phi) is 4.64. The highest BCUT2D eigenvalue weighted by Gasteiger charge is 2.28. The van der Waals surface area contributed by atoms with Crippen LogP contribution >= 0.6 is 11.6 Å². The molecule has 0 bridgehead atoms. The van der Waals surface area contributed by atoms with Gasteiger partial charge >= 0.3 is 0 Å². The molecule has 5 nitrogen and oxygen atoms in total. The first-order valence-electron chi connectivity index (χ1n) is 7.81. The van der Waals surface area contributed by atoms with Crippen LogP contribution in [0.4, 0.5) is 19.0 Å². The molecule has 9 heteroatoms. The van der Waals surface area contributed by atoms with Crippen molar-refractivity contribution in [3.63, 3.8) is 0 Å². The number of nitrogens with one attached hydrogen (secondary N) is 1. The summed E-state index contributed by atoms with van der Waals surface area (Å²) in [7, 11) is 0. The number of hydrogen-bond donors (Lipinski definition) is 2. The fourth-order valence-corrected chi connectivity index (χ4v) is 3.30. The molecule has 0 unspecified atom stereocenters. The third kappa shape index (κ3) is 3.18. The molecule has 0 atom stereocenters. The van der Waals surface area contributed by atoms with Gasteiger partial charge in [0.2, 0.25) is 5.62 Å². The van der Waals surface area contributed by atoms with Gasteiger partial charge in [-0.05, 0) is 18.8 Å². The smallest absolute Gasteiger partial charge is 0.244 e. The van der Waals surface area contributed by atoms with Crippen molar-refractivity contribution in [3.8, 4) is 11.1 Å². The van der Waals surface area contributed by atoms with Gasteiger partial charge < -0.3 is 10.7 Å². The van der Waals surface area contributed by atoms with Crippen LogP contribution in [0.1, 0.15) is 19.8 Å². The molecule has 25 heavy (non-hydrogen) atoms. The summed E-state index contributed by atoms with van der Waals surface area (Å²) in [6.07, 6.45) is 1.72. The molecule has 0 aliphatic carbocycles. The normalized spacial score (nSPS) is 15.6. The molecule has 3 N–H and O–H groups in total. The average molecular weight is 372 g/mol. The second-order valence-electron chi connectivity index (χ2n) is 6.21. The molecule has 0 saturated carbocycles. The van der Waals surface area contributed by atoms with Crippen molar-refractivity contribution in [1.29, 1.82) is 5.41 Å². The van der Waals surface area contributed by atoms with Crippen molar-refractivity contribution >= 4 is 17.4 Å². The molecule has 1 fully saturated rings. The van der Waals surface area contributed by atoms with Gasteiger partial charge in [0.25, 0.3) is 0 Å². The van der Waals surface area contributed by atoms with E-state index in [0.29, 0.717) is 31.1 Å². The van der Waals surface area contributed by atoms with Gasteiger partial charge in [0.15, 0.2) is 0 Å². The van der Waals surface area contributed by atoms with Crippen molar-refractivity contribution in [2.75, 3.05) is 23.8 Å². The average Bonchev–Trinajstić information content (AvgIpc) is 2.52. The Morgan fingerprint density at radius 3 is 2.28 bits per heavy atom. The van der Waals surface area contributed by atoms with E-state index >= 15 is 0 Å². The Morgan fingerprint density at radius 2 is 1.72 bits per heavy atom. The van der Waals surface area contributed by atoms with Gasteiger partial charge in [-0.3, -0.25) is 5.41 Å². The lowest BCUT2D eigenvalue weighted by Gasteiger charge is -2.34. The minimum absolute atomic E-state index is 0.0790. The van der Waals surface area contributed by atoms with Crippen molar-refractivity contribution in [1.82, 2.24) is 9.66 Å². The van der Waals surface area contributed by atoms with Crippen LogP contribution in [-0.2, 0) is 0 Å². The molecular formula is C16H17ClF3N5. The van der Waals surface area contributed by atoms with Crippen LogP contribution in [0.5, 0.6) is 0 Å². The largest absolute Gasteiger partial charge is 0.356 e. The number of nitrogen functional groups attached to an aromatic ring is 1.